The van der Waals surface area contributed by atoms with Gasteiger partial charge in [0.05, 0.1) is 22.0 Å². The molecular weight excluding hydrogens is 467 g/mol. The van der Waals surface area contributed by atoms with E-state index in [4.69, 9.17) is 21.8 Å². The van der Waals surface area contributed by atoms with Gasteiger partial charge in [0.1, 0.15) is 35.2 Å². The van der Waals surface area contributed by atoms with E-state index in [1.54, 1.807) is 26.1 Å². The van der Waals surface area contributed by atoms with Crippen molar-refractivity contribution in [3.05, 3.63) is 63.6 Å². The van der Waals surface area contributed by atoms with E-state index >= 15 is 0 Å². The maximum atomic E-state index is 14.0. The lowest BCUT2D eigenvalue weighted by atomic mass is 10.2. The minimum absolute atomic E-state index is 0.00281. The molecule has 0 aliphatic rings. The number of nitrogen functional groups attached to an aromatic ring is 1. The first-order valence-electron chi connectivity index (χ1n) is 9.93. The summed E-state index contributed by atoms with van der Waals surface area (Å²) in [4.78, 5) is 26.2. The van der Waals surface area contributed by atoms with E-state index in [0.29, 0.717) is 11.5 Å². The summed E-state index contributed by atoms with van der Waals surface area (Å²) in [6, 6.07) is 3.12. The van der Waals surface area contributed by atoms with Crippen LogP contribution in [0.3, 0.4) is 0 Å². The van der Waals surface area contributed by atoms with Crippen molar-refractivity contribution < 1.29 is 8.81 Å². The summed E-state index contributed by atoms with van der Waals surface area (Å²) in [6.07, 6.45) is 2.82. The van der Waals surface area contributed by atoms with Crippen LogP contribution in [-0.2, 0) is 0 Å². The van der Waals surface area contributed by atoms with Gasteiger partial charge in [-0.25, -0.2) is 23.9 Å². The standard InChI is InChI=1S/C20H16ClFN10O2/c1-8(27-17-14(16(23)24-7-25-17)19-31-29-9(2)34-19)18-28-15-11(5-10(22)6-12(15)21)20(33)32(18)13-3-4-26-30-13/h3-8H,1-2H3,(H,26,30)(H3,23,24,25,27)/t8-/m0/s1. The van der Waals surface area contributed by atoms with Crippen molar-refractivity contribution >= 4 is 34.1 Å². The van der Waals surface area contributed by atoms with Gasteiger partial charge in [-0.3, -0.25) is 9.89 Å². The lowest BCUT2D eigenvalue weighted by molar-refractivity contribution is 0.532. The Morgan fingerprint density at radius 2 is 2.12 bits per heavy atom. The van der Waals surface area contributed by atoms with Crippen LogP contribution in [-0.4, -0.2) is 39.9 Å². The molecule has 1 atom stereocenters. The summed E-state index contributed by atoms with van der Waals surface area (Å²) < 4.78 is 20.8. The van der Waals surface area contributed by atoms with Gasteiger partial charge in [0, 0.05) is 19.2 Å². The van der Waals surface area contributed by atoms with Crippen molar-refractivity contribution in [2.75, 3.05) is 11.1 Å². The highest BCUT2D eigenvalue weighted by Crippen LogP contribution is 2.32. The Bertz CT molecular complexity index is 1580. The summed E-state index contributed by atoms with van der Waals surface area (Å²) in [5.41, 5.74) is 5.96. The molecule has 5 aromatic rings. The number of aromatic amines is 1. The Kier molecular flexibility index (Phi) is 5.17. The Balaban J connectivity index is 1.68. The number of halogens is 2. The molecule has 0 unspecified atom stereocenters. The van der Waals surface area contributed by atoms with Crippen molar-refractivity contribution in [1.82, 2.24) is 39.9 Å². The summed E-state index contributed by atoms with van der Waals surface area (Å²) in [7, 11) is 0. The fraction of sp³-hybridized carbons (Fsp3) is 0.150. The average molecular weight is 483 g/mol. The monoisotopic (exact) mass is 482 g/mol. The number of aromatic nitrogens is 8. The predicted octanol–water partition coefficient (Wildman–Crippen LogP) is 2.81. The predicted molar refractivity (Wildman–Crippen MR) is 121 cm³/mol. The van der Waals surface area contributed by atoms with Gasteiger partial charge in [0.2, 0.25) is 5.89 Å². The molecular formula is C20H16ClFN10O2. The molecule has 1 aromatic carbocycles. The molecule has 0 aliphatic carbocycles. The van der Waals surface area contributed by atoms with Crippen LogP contribution < -0.4 is 16.6 Å². The molecule has 0 aliphatic heterocycles. The number of fused-ring (bicyclic) bond motifs is 1. The second kappa shape index (κ2) is 8.19. The molecule has 0 fully saturated rings. The summed E-state index contributed by atoms with van der Waals surface area (Å²) >= 11 is 6.22. The van der Waals surface area contributed by atoms with Crippen molar-refractivity contribution in [2.24, 2.45) is 0 Å². The zero-order valence-corrected chi connectivity index (χ0v) is 18.5. The van der Waals surface area contributed by atoms with Gasteiger partial charge in [0.15, 0.2) is 5.82 Å². The smallest absolute Gasteiger partial charge is 0.267 e. The van der Waals surface area contributed by atoms with Crippen LogP contribution in [0.1, 0.15) is 24.7 Å². The molecule has 5 rings (SSSR count). The topological polar surface area (TPSA) is 166 Å². The van der Waals surface area contributed by atoms with Gasteiger partial charge < -0.3 is 15.5 Å². The minimum Gasteiger partial charge on any atom is -0.421 e. The van der Waals surface area contributed by atoms with Crippen LogP contribution in [0.2, 0.25) is 5.02 Å². The van der Waals surface area contributed by atoms with Gasteiger partial charge in [-0.05, 0) is 19.1 Å². The Hall–Kier alpha value is -4.39. The second-order valence-corrected chi connectivity index (χ2v) is 7.71. The molecule has 14 heteroatoms. The fourth-order valence-corrected chi connectivity index (χ4v) is 3.76. The van der Waals surface area contributed by atoms with E-state index in [1.807, 2.05) is 0 Å². The van der Waals surface area contributed by atoms with Crippen molar-refractivity contribution in [1.29, 1.82) is 0 Å². The van der Waals surface area contributed by atoms with Crippen LogP contribution in [0.4, 0.5) is 16.0 Å². The number of aryl methyl sites for hydroxylation is 1. The molecule has 0 saturated heterocycles. The molecule has 0 saturated carbocycles. The summed E-state index contributed by atoms with van der Waals surface area (Å²) in [6.45, 7) is 3.38. The summed E-state index contributed by atoms with van der Waals surface area (Å²) in [5, 5.41) is 17.8. The van der Waals surface area contributed by atoms with Crippen molar-refractivity contribution in [3.63, 3.8) is 0 Å². The van der Waals surface area contributed by atoms with E-state index in [2.05, 4.69) is 40.7 Å². The van der Waals surface area contributed by atoms with E-state index in [0.717, 1.165) is 12.1 Å². The number of nitrogens with one attached hydrogen (secondary N) is 2. The normalized spacial score (nSPS) is 12.2. The number of anilines is 2. The lowest BCUT2D eigenvalue weighted by Crippen LogP contribution is -2.28. The molecule has 0 radical (unpaired) electrons. The lowest BCUT2D eigenvalue weighted by Gasteiger charge is -2.20. The van der Waals surface area contributed by atoms with E-state index in [9.17, 15) is 9.18 Å². The zero-order valence-electron chi connectivity index (χ0n) is 17.7. The first-order chi connectivity index (χ1) is 16.3. The quantitative estimate of drug-likeness (QED) is 0.339. The molecule has 4 aromatic heterocycles. The SMILES string of the molecule is Cc1nnc(-c2c(N)ncnc2N[C@@H](C)c2nc3c(Cl)cc(F)cc3c(=O)n2-c2cc[nH]n2)o1. The third-order valence-corrected chi connectivity index (χ3v) is 5.28. The number of benzene rings is 1. The molecule has 12 nitrogen and oxygen atoms in total. The van der Waals surface area contributed by atoms with Crippen LogP contribution in [0, 0.1) is 12.7 Å². The van der Waals surface area contributed by atoms with E-state index < -0.39 is 17.4 Å². The number of H-pyrrole nitrogens is 1. The largest absolute Gasteiger partial charge is 0.421 e. The number of rotatable bonds is 5. The molecule has 0 spiro atoms. The third-order valence-electron chi connectivity index (χ3n) is 4.99. The van der Waals surface area contributed by atoms with Gasteiger partial charge in [-0.2, -0.15) is 5.10 Å². The van der Waals surface area contributed by atoms with Crippen molar-refractivity contribution in [3.8, 4) is 17.3 Å². The van der Waals surface area contributed by atoms with Crippen LogP contribution in [0.15, 0.2) is 39.9 Å². The van der Waals surface area contributed by atoms with Crippen molar-refractivity contribution in [2.45, 2.75) is 19.9 Å². The third kappa shape index (κ3) is 3.61. The number of nitrogens with zero attached hydrogens (tertiary/aromatic N) is 7. The molecule has 172 valence electrons. The van der Waals surface area contributed by atoms with E-state index in [-0.39, 0.29) is 45.1 Å². The van der Waals surface area contributed by atoms with E-state index in [1.165, 1.54) is 10.9 Å². The molecule has 0 bridgehead atoms. The van der Waals surface area contributed by atoms with Crippen LogP contribution >= 0.6 is 11.6 Å². The Morgan fingerprint density at radius 3 is 2.82 bits per heavy atom. The van der Waals surface area contributed by atoms with Gasteiger partial charge >= 0.3 is 0 Å². The highest BCUT2D eigenvalue weighted by molar-refractivity contribution is 6.35. The van der Waals surface area contributed by atoms with Gasteiger partial charge in [-0.15, -0.1) is 10.2 Å². The average Bonchev–Trinajstić information content (AvgIpc) is 3.46. The second-order valence-electron chi connectivity index (χ2n) is 7.30. The molecule has 4 N–H and O–H groups in total. The van der Waals surface area contributed by atoms with Gasteiger partial charge in [-0.1, -0.05) is 11.6 Å². The maximum absolute atomic E-state index is 14.0. The highest BCUT2D eigenvalue weighted by atomic mass is 35.5. The molecule has 4 heterocycles. The maximum Gasteiger partial charge on any atom is 0.267 e. The summed E-state index contributed by atoms with van der Waals surface area (Å²) in [5.74, 6) is 0.698. The number of hydrogen-bond donors (Lipinski definition) is 3. The fourth-order valence-electron chi connectivity index (χ4n) is 3.51. The van der Waals surface area contributed by atoms with Crippen LogP contribution in [0.5, 0.6) is 0 Å². The molecule has 34 heavy (non-hydrogen) atoms. The molecule has 0 amide bonds. The minimum atomic E-state index is -0.653. The Morgan fingerprint density at radius 1 is 1.29 bits per heavy atom. The highest BCUT2D eigenvalue weighted by Gasteiger charge is 2.24. The Labute approximate surface area is 195 Å². The van der Waals surface area contributed by atoms with Gasteiger partial charge in [0.25, 0.3) is 11.4 Å². The number of hydrogen-bond acceptors (Lipinski definition) is 10. The number of nitrogens with two attached hydrogens (primary N) is 1. The zero-order chi connectivity index (χ0) is 24.0. The van der Waals surface area contributed by atoms with Crippen LogP contribution in [0.25, 0.3) is 28.2 Å². The first kappa shape index (κ1) is 21.5. The first-order valence-corrected chi connectivity index (χ1v) is 10.3.